The number of aromatic nitrogens is 3. The van der Waals surface area contributed by atoms with Crippen molar-refractivity contribution in [3.05, 3.63) is 29.7 Å². The van der Waals surface area contributed by atoms with E-state index in [9.17, 15) is 9.90 Å². The predicted molar refractivity (Wildman–Crippen MR) is 100 cm³/mol. The van der Waals surface area contributed by atoms with Crippen molar-refractivity contribution in [2.24, 2.45) is 0 Å². The van der Waals surface area contributed by atoms with E-state index < -0.39 is 11.2 Å². The van der Waals surface area contributed by atoms with Gasteiger partial charge in [0.2, 0.25) is 0 Å². The van der Waals surface area contributed by atoms with E-state index in [1.807, 2.05) is 25.7 Å². The molecular formula is C20H25N5O3. The van der Waals surface area contributed by atoms with E-state index in [1.165, 1.54) is 10.7 Å². The van der Waals surface area contributed by atoms with Crippen LogP contribution < -0.4 is 0 Å². The lowest BCUT2D eigenvalue weighted by molar-refractivity contribution is -0.0968. The minimum atomic E-state index is -1.09. The first-order valence-electron chi connectivity index (χ1n) is 9.68. The normalized spacial score (nSPS) is 27.5. The molecule has 2 atom stereocenters. The van der Waals surface area contributed by atoms with Crippen LogP contribution in [-0.2, 0) is 10.3 Å². The Labute approximate surface area is 163 Å². The van der Waals surface area contributed by atoms with Gasteiger partial charge in [0.1, 0.15) is 17.2 Å². The van der Waals surface area contributed by atoms with Gasteiger partial charge in [0.15, 0.2) is 5.65 Å². The molecule has 0 aliphatic carbocycles. The molecule has 2 aliphatic rings. The Bertz CT molecular complexity index is 941. The lowest BCUT2D eigenvalue weighted by Crippen LogP contribution is -2.59. The van der Waals surface area contributed by atoms with Crippen LogP contribution in [0, 0.1) is 11.3 Å². The number of fused-ring (bicyclic) bond motifs is 3. The van der Waals surface area contributed by atoms with Crippen molar-refractivity contribution in [3.63, 3.8) is 0 Å². The molecule has 148 valence electrons. The summed E-state index contributed by atoms with van der Waals surface area (Å²) >= 11 is 0. The van der Waals surface area contributed by atoms with Gasteiger partial charge in [-0.15, -0.1) is 0 Å². The number of aliphatic hydroxyl groups is 1. The molecule has 2 aliphatic heterocycles. The second kappa shape index (κ2) is 6.45. The molecule has 8 heteroatoms. The molecule has 8 nitrogen and oxygen atoms in total. The molecule has 2 bridgehead atoms. The minimum Gasteiger partial charge on any atom is -0.444 e. The van der Waals surface area contributed by atoms with Crippen molar-refractivity contribution in [1.82, 2.24) is 19.5 Å². The molecule has 2 aromatic heterocycles. The maximum absolute atomic E-state index is 12.8. The van der Waals surface area contributed by atoms with Crippen LogP contribution in [0.3, 0.4) is 0 Å². The molecule has 0 saturated carbocycles. The summed E-state index contributed by atoms with van der Waals surface area (Å²) in [5, 5.41) is 24.8. The summed E-state index contributed by atoms with van der Waals surface area (Å²) in [4.78, 5) is 18.9. The quantitative estimate of drug-likeness (QED) is 0.812. The highest BCUT2D eigenvalue weighted by Crippen LogP contribution is 2.44. The number of carbonyl (C=O) groups is 1. The first kappa shape index (κ1) is 18.7. The second-order valence-electron chi connectivity index (χ2n) is 8.85. The van der Waals surface area contributed by atoms with Gasteiger partial charge in [-0.25, -0.2) is 14.3 Å². The van der Waals surface area contributed by atoms with Crippen LogP contribution in [0.15, 0.2) is 18.6 Å². The number of rotatable bonds is 1. The van der Waals surface area contributed by atoms with E-state index in [2.05, 4.69) is 16.2 Å². The number of hydrogen-bond donors (Lipinski definition) is 1. The van der Waals surface area contributed by atoms with Crippen LogP contribution in [-0.4, -0.2) is 48.4 Å². The number of hydrogen-bond acceptors (Lipinski definition) is 6. The third kappa shape index (κ3) is 3.20. The summed E-state index contributed by atoms with van der Waals surface area (Å²) in [5.74, 6) is 0. The molecule has 0 aromatic carbocycles. The molecule has 2 aromatic rings. The van der Waals surface area contributed by atoms with E-state index in [0.29, 0.717) is 29.6 Å². The van der Waals surface area contributed by atoms with E-state index >= 15 is 0 Å². The van der Waals surface area contributed by atoms with E-state index in [0.717, 1.165) is 19.3 Å². The number of amides is 1. The lowest BCUT2D eigenvalue weighted by atomic mass is 9.73. The Balaban J connectivity index is 1.62. The zero-order valence-corrected chi connectivity index (χ0v) is 16.4. The van der Waals surface area contributed by atoms with Gasteiger partial charge in [0.05, 0.1) is 11.8 Å². The molecular weight excluding hydrogens is 358 g/mol. The largest absolute Gasteiger partial charge is 0.444 e. The van der Waals surface area contributed by atoms with Gasteiger partial charge in [-0.3, -0.25) is 0 Å². The number of nitriles is 1. The zero-order chi connectivity index (χ0) is 20.1. The minimum absolute atomic E-state index is 0.0738. The van der Waals surface area contributed by atoms with Crippen LogP contribution in [0.1, 0.15) is 64.0 Å². The van der Waals surface area contributed by atoms with Crippen molar-refractivity contribution in [2.75, 3.05) is 0 Å². The van der Waals surface area contributed by atoms with Gasteiger partial charge < -0.3 is 14.7 Å². The van der Waals surface area contributed by atoms with E-state index in [-0.39, 0.29) is 18.2 Å². The first-order valence-corrected chi connectivity index (χ1v) is 9.68. The molecule has 28 heavy (non-hydrogen) atoms. The Morgan fingerprint density at radius 2 is 2.00 bits per heavy atom. The highest BCUT2D eigenvalue weighted by atomic mass is 16.6. The van der Waals surface area contributed by atoms with Crippen LogP contribution in [0.4, 0.5) is 4.79 Å². The summed E-state index contributed by atoms with van der Waals surface area (Å²) in [6.45, 7) is 5.59. The number of nitrogens with zero attached hydrogens (tertiary/aromatic N) is 5. The molecule has 0 spiro atoms. The smallest absolute Gasteiger partial charge is 0.410 e. The van der Waals surface area contributed by atoms with Gasteiger partial charge in [-0.1, -0.05) is 0 Å². The van der Waals surface area contributed by atoms with Crippen molar-refractivity contribution in [3.8, 4) is 6.07 Å². The molecule has 1 amide bonds. The predicted octanol–water partition coefficient (Wildman–Crippen LogP) is 2.74. The summed E-state index contributed by atoms with van der Waals surface area (Å²) in [7, 11) is 0. The van der Waals surface area contributed by atoms with Crippen molar-refractivity contribution >= 4 is 11.7 Å². The van der Waals surface area contributed by atoms with E-state index in [1.54, 1.807) is 12.4 Å². The van der Waals surface area contributed by atoms with Crippen molar-refractivity contribution in [1.29, 1.82) is 5.26 Å². The summed E-state index contributed by atoms with van der Waals surface area (Å²) in [6, 6.07) is 1.91. The van der Waals surface area contributed by atoms with Gasteiger partial charge in [0.25, 0.3) is 0 Å². The Kier molecular flexibility index (Phi) is 4.31. The Morgan fingerprint density at radius 3 is 2.61 bits per heavy atom. The molecule has 4 heterocycles. The second-order valence-corrected chi connectivity index (χ2v) is 8.85. The number of ether oxygens (including phenoxy) is 1. The maximum atomic E-state index is 12.8. The number of carbonyl (C=O) groups excluding carboxylic acids is 1. The Hall–Kier alpha value is -2.66. The third-order valence-corrected chi connectivity index (χ3v) is 5.63. The van der Waals surface area contributed by atoms with Crippen LogP contribution in [0.2, 0.25) is 0 Å². The highest BCUT2D eigenvalue weighted by Gasteiger charge is 2.49. The summed E-state index contributed by atoms with van der Waals surface area (Å²) in [5.41, 5.74) is -0.106. The maximum Gasteiger partial charge on any atom is 0.410 e. The highest BCUT2D eigenvalue weighted by molar-refractivity contribution is 5.69. The lowest BCUT2D eigenvalue weighted by Gasteiger charge is -2.51. The monoisotopic (exact) mass is 383 g/mol. The zero-order valence-electron chi connectivity index (χ0n) is 16.4. The van der Waals surface area contributed by atoms with Gasteiger partial charge in [-0.05, 0) is 40.0 Å². The average Bonchev–Trinajstić information content (AvgIpc) is 3.01. The summed E-state index contributed by atoms with van der Waals surface area (Å²) in [6.07, 6.45) is 8.11. The SMILES string of the molecule is CC(C)(C)OC(=O)N1C2CCCC1CC(O)(c1cnc3c(C#N)cnn3c1)C2. The van der Waals surface area contributed by atoms with Crippen LogP contribution >= 0.6 is 0 Å². The fourth-order valence-electron chi connectivity index (χ4n) is 4.47. The molecule has 2 fully saturated rings. The molecule has 2 unspecified atom stereocenters. The van der Waals surface area contributed by atoms with E-state index in [4.69, 9.17) is 10.00 Å². The Morgan fingerprint density at radius 1 is 1.32 bits per heavy atom. The fourth-order valence-corrected chi connectivity index (χ4v) is 4.47. The molecule has 2 saturated heterocycles. The average molecular weight is 383 g/mol. The molecule has 4 rings (SSSR count). The number of piperidine rings is 2. The van der Waals surface area contributed by atoms with Gasteiger partial charge in [0, 0.05) is 42.9 Å². The van der Waals surface area contributed by atoms with Crippen LogP contribution in [0.5, 0.6) is 0 Å². The topological polar surface area (TPSA) is 104 Å². The van der Waals surface area contributed by atoms with Crippen molar-refractivity contribution < 1.29 is 14.6 Å². The van der Waals surface area contributed by atoms with Crippen LogP contribution in [0.25, 0.3) is 5.65 Å². The summed E-state index contributed by atoms with van der Waals surface area (Å²) < 4.78 is 7.14. The third-order valence-electron chi connectivity index (χ3n) is 5.63. The first-order chi connectivity index (χ1) is 13.2. The van der Waals surface area contributed by atoms with Crippen molar-refractivity contribution in [2.45, 2.75) is 76.2 Å². The van der Waals surface area contributed by atoms with Gasteiger partial charge in [-0.2, -0.15) is 10.4 Å². The standard InChI is InChI=1S/C20H25N5O3/c1-19(2,3)28-18(26)25-15-5-4-6-16(25)8-20(27,7-15)14-11-22-17-13(9-21)10-23-24(17)12-14/h10-12,15-16,27H,4-8H2,1-3H3. The molecule has 0 radical (unpaired) electrons. The fraction of sp³-hybridized carbons (Fsp3) is 0.600. The molecule has 1 N–H and O–H groups in total. The van der Waals surface area contributed by atoms with Gasteiger partial charge >= 0.3 is 6.09 Å².